The van der Waals surface area contributed by atoms with Crippen molar-refractivity contribution in [1.29, 1.82) is 0 Å². The Bertz CT molecular complexity index is 305. The molecule has 1 rings (SSSR count). The third-order valence-electron chi connectivity index (χ3n) is 2.10. The predicted molar refractivity (Wildman–Crippen MR) is 65.1 cm³/mol. The molecule has 1 aromatic carbocycles. The molecular weight excluding hydrogens is 210 g/mol. The van der Waals surface area contributed by atoms with Gasteiger partial charge in [0.15, 0.2) is 0 Å². The van der Waals surface area contributed by atoms with E-state index < -0.39 is 0 Å². The summed E-state index contributed by atoms with van der Waals surface area (Å²) in [5, 5.41) is 3.27. The molecule has 0 saturated carbocycles. The van der Waals surface area contributed by atoms with Crippen molar-refractivity contribution < 1.29 is 9.47 Å². The molecule has 0 aliphatic heterocycles. The van der Waals surface area contributed by atoms with Crippen LogP contribution in [0.25, 0.3) is 0 Å². The van der Waals surface area contributed by atoms with Gasteiger partial charge in [-0.15, -0.1) is 0 Å². The van der Waals surface area contributed by atoms with Gasteiger partial charge in [-0.05, 0) is 6.07 Å². The van der Waals surface area contributed by atoms with Crippen molar-refractivity contribution in [3.05, 3.63) is 23.8 Å². The van der Waals surface area contributed by atoms with Crippen molar-refractivity contribution in [3.63, 3.8) is 0 Å². The molecule has 0 saturated heterocycles. The summed E-state index contributed by atoms with van der Waals surface area (Å²) in [5.74, 6) is 2.49. The summed E-state index contributed by atoms with van der Waals surface area (Å²) in [6.07, 6.45) is 0. The predicted octanol–water partition coefficient (Wildman–Crippen LogP) is 1.72. The van der Waals surface area contributed by atoms with Crippen LogP contribution in [0.5, 0.6) is 11.5 Å². The Hall–Kier alpha value is -0.870. The van der Waals surface area contributed by atoms with Crippen molar-refractivity contribution >= 4 is 12.6 Å². The zero-order valence-corrected chi connectivity index (χ0v) is 10.0. The van der Waals surface area contributed by atoms with Crippen molar-refractivity contribution in [2.75, 3.05) is 26.5 Å². The van der Waals surface area contributed by atoms with E-state index in [4.69, 9.17) is 9.47 Å². The second kappa shape index (κ2) is 6.58. The van der Waals surface area contributed by atoms with Gasteiger partial charge in [-0.2, -0.15) is 12.6 Å². The summed E-state index contributed by atoms with van der Waals surface area (Å²) < 4.78 is 10.4. The summed E-state index contributed by atoms with van der Waals surface area (Å²) in [6.45, 7) is 1.67. The zero-order valence-electron chi connectivity index (χ0n) is 9.12. The molecule has 0 heterocycles. The van der Waals surface area contributed by atoms with Crippen LogP contribution in [0.3, 0.4) is 0 Å². The number of rotatable bonds is 6. The van der Waals surface area contributed by atoms with Crippen LogP contribution in [0.1, 0.15) is 5.56 Å². The van der Waals surface area contributed by atoms with Crippen LogP contribution in [0.2, 0.25) is 0 Å². The van der Waals surface area contributed by atoms with Gasteiger partial charge in [-0.25, -0.2) is 0 Å². The van der Waals surface area contributed by atoms with Crippen LogP contribution in [0.4, 0.5) is 0 Å². The van der Waals surface area contributed by atoms with E-state index in [0.29, 0.717) is 0 Å². The van der Waals surface area contributed by atoms with E-state index in [2.05, 4.69) is 17.9 Å². The number of ether oxygens (including phenoxy) is 2. The van der Waals surface area contributed by atoms with Crippen molar-refractivity contribution in [2.24, 2.45) is 0 Å². The first kappa shape index (κ1) is 12.2. The van der Waals surface area contributed by atoms with E-state index in [-0.39, 0.29) is 0 Å². The first-order valence-corrected chi connectivity index (χ1v) is 5.47. The highest BCUT2D eigenvalue weighted by Gasteiger charge is 2.03. The van der Waals surface area contributed by atoms with Gasteiger partial charge < -0.3 is 14.8 Å². The SMILES string of the molecule is COc1ccc(CNCCS)c(OC)c1. The molecule has 84 valence electrons. The molecule has 4 heteroatoms. The number of benzene rings is 1. The lowest BCUT2D eigenvalue weighted by molar-refractivity contribution is 0.390. The molecule has 0 aliphatic rings. The first-order valence-electron chi connectivity index (χ1n) is 4.84. The number of thiol groups is 1. The molecule has 0 spiro atoms. The minimum absolute atomic E-state index is 0.785. The average Bonchev–Trinajstić information content (AvgIpc) is 2.29. The molecular formula is C11H17NO2S. The zero-order chi connectivity index (χ0) is 11.1. The molecule has 1 N–H and O–H groups in total. The second-order valence-corrected chi connectivity index (χ2v) is 3.53. The summed E-state index contributed by atoms with van der Waals surface area (Å²) >= 11 is 4.13. The van der Waals surface area contributed by atoms with Gasteiger partial charge in [-0.3, -0.25) is 0 Å². The summed E-state index contributed by atoms with van der Waals surface area (Å²) in [6, 6.07) is 5.82. The standard InChI is InChI=1S/C11H17NO2S/c1-13-10-4-3-9(8-12-5-6-15)11(7-10)14-2/h3-4,7,12,15H,5-6,8H2,1-2H3. The largest absolute Gasteiger partial charge is 0.497 e. The Morgan fingerprint density at radius 3 is 2.67 bits per heavy atom. The van der Waals surface area contributed by atoms with Gasteiger partial charge in [0.1, 0.15) is 11.5 Å². The van der Waals surface area contributed by atoms with Crippen LogP contribution >= 0.6 is 12.6 Å². The molecule has 0 aliphatic carbocycles. The van der Waals surface area contributed by atoms with Crippen LogP contribution in [-0.2, 0) is 6.54 Å². The minimum Gasteiger partial charge on any atom is -0.497 e. The third kappa shape index (κ3) is 3.64. The van der Waals surface area contributed by atoms with E-state index in [1.807, 2.05) is 18.2 Å². The molecule has 0 aromatic heterocycles. The van der Waals surface area contributed by atoms with Crippen LogP contribution in [0, 0.1) is 0 Å². The Balaban J connectivity index is 2.69. The maximum atomic E-state index is 5.28. The first-order chi connectivity index (χ1) is 7.31. The molecule has 0 radical (unpaired) electrons. The van der Waals surface area contributed by atoms with Gasteiger partial charge in [-0.1, -0.05) is 6.07 Å². The topological polar surface area (TPSA) is 30.5 Å². The van der Waals surface area contributed by atoms with Crippen LogP contribution in [-0.4, -0.2) is 26.5 Å². The fourth-order valence-corrected chi connectivity index (χ4v) is 1.46. The van der Waals surface area contributed by atoms with E-state index in [0.717, 1.165) is 35.9 Å². The molecule has 1 aromatic rings. The lowest BCUT2D eigenvalue weighted by Crippen LogP contribution is -2.16. The van der Waals surface area contributed by atoms with Crippen molar-refractivity contribution in [3.8, 4) is 11.5 Å². The smallest absolute Gasteiger partial charge is 0.127 e. The Morgan fingerprint density at radius 1 is 1.27 bits per heavy atom. The highest BCUT2D eigenvalue weighted by Crippen LogP contribution is 2.24. The summed E-state index contributed by atoms with van der Waals surface area (Å²) in [7, 11) is 3.31. The van der Waals surface area contributed by atoms with Gasteiger partial charge in [0, 0.05) is 30.5 Å². The van der Waals surface area contributed by atoms with Gasteiger partial charge in [0.05, 0.1) is 14.2 Å². The quantitative estimate of drug-likeness (QED) is 0.573. The maximum Gasteiger partial charge on any atom is 0.127 e. The summed E-state index contributed by atoms with van der Waals surface area (Å²) in [5.41, 5.74) is 1.13. The number of methoxy groups -OCH3 is 2. The molecule has 0 unspecified atom stereocenters. The molecule has 0 bridgehead atoms. The third-order valence-corrected chi connectivity index (χ3v) is 2.32. The average molecular weight is 227 g/mol. The maximum absolute atomic E-state index is 5.28. The normalized spacial score (nSPS) is 10.1. The van der Waals surface area contributed by atoms with Crippen molar-refractivity contribution in [1.82, 2.24) is 5.32 Å². The van der Waals surface area contributed by atoms with Crippen LogP contribution in [0.15, 0.2) is 18.2 Å². The van der Waals surface area contributed by atoms with Crippen LogP contribution < -0.4 is 14.8 Å². The minimum atomic E-state index is 0.785. The summed E-state index contributed by atoms with van der Waals surface area (Å²) in [4.78, 5) is 0. The molecule has 15 heavy (non-hydrogen) atoms. The van der Waals surface area contributed by atoms with Gasteiger partial charge in [0.2, 0.25) is 0 Å². The molecule has 0 atom stereocenters. The monoisotopic (exact) mass is 227 g/mol. The fourth-order valence-electron chi connectivity index (χ4n) is 1.30. The van der Waals surface area contributed by atoms with E-state index in [1.165, 1.54) is 0 Å². The highest BCUT2D eigenvalue weighted by atomic mass is 32.1. The van der Waals surface area contributed by atoms with E-state index >= 15 is 0 Å². The lowest BCUT2D eigenvalue weighted by atomic mass is 10.2. The van der Waals surface area contributed by atoms with Gasteiger partial charge >= 0.3 is 0 Å². The molecule has 0 fully saturated rings. The Morgan fingerprint density at radius 2 is 2.07 bits per heavy atom. The molecule has 0 amide bonds. The van der Waals surface area contributed by atoms with E-state index in [9.17, 15) is 0 Å². The number of hydrogen-bond donors (Lipinski definition) is 2. The number of hydrogen-bond acceptors (Lipinski definition) is 4. The van der Waals surface area contributed by atoms with E-state index in [1.54, 1.807) is 14.2 Å². The Kier molecular flexibility index (Phi) is 5.36. The highest BCUT2D eigenvalue weighted by molar-refractivity contribution is 7.80. The van der Waals surface area contributed by atoms with Crippen molar-refractivity contribution in [2.45, 2.75) is 6.54 Å². The number of nitrogens with one attached hydrogen (secondary N) is 1. The fraction of sp³-hybridized carbons (Fsp3) is 0.455. The Labute approximate surface area is 96.2 Å². The van der Waals surface area contributed by atoms with Gasteiger partial charge in [0.25, 0.3) is 0 Å². The second-order valence-electron chi connectivity index (χ2n) is 3.08. The lowest BCUT2D eigenvalue weighted by Gasteiger charge is -2.10. The molecule has 3 nitrogen and oxygen atoms in total.